The van der Waals surface area contributed by atoms with Crippen LogP contribution in [0.15, 0.2) is 30.9 Å². The average Bonchev–Trinajstić information content (AvgIpc) is 3.02. The summed E-state index contributed by atoms with van der Waals surface area (Å²) in [4.78, 5) is 39.0. The molecule has 1 atom stereocenters. The van der Waals surface area contributed by atoms with E-state index < -0.39 is 17.4 Å². The number of hydrogen-bond acceptors (Lipinski definition) is 5. The summed E-state index contributed by atoms with van der Waals surface area (Å²) < 4.78 is 1.50. The van der Waals surface area contributed by atoms with E-state index in [-0.39, 0.29) is 5.78 Å². The van der Waals surface area contributed by atoms with Crippen LogP contribution in [0.2, 0.25) is 5.02 Å². The summed E-state index contributed by atoms with van der Waals surface area (Å²) in [5, 5.41) is 3.18. The SMILES string of the molecule is Cc1ccc(NC(=O)C(C(=O)C(C)(C)C)n2cnc3c(C)ncnc32)c(Cl)c1. The Hall–Kier alpha value is -2.80. The molecular formula is C20H22ClN5O2. The fourth-order valence-corrected chi connectivity index (χ4v) is 3.14. The van der Waals surface area contributed by atoms with Gasteiger partial charge in [-0.2, -0.15) is 0 Å². The van der Waals surface area contributed by atoms with E-state index >= 15 is 0 Å². The number of nitrogens with zero attached hydrogens (tertiary/aromatic N) is 4. The molecule has 1 N–H and O–H groups in total. The lowest BCUT2D eigenvalue weighted by atomic mass is 9.86. The lowest BCUT2D eigenvalue weighted by Gasteiger charge is -2.25. The Bertz CT molecular complexity index is 1070. The van der Waals surface area contributed by atoms with Gasteiger partial charge in [0.15, 0.2) is 17.5 Å². The first-order valence-electron chi connectivity index (χ1n) is 8.85. The van der Waals surface area contributed by atoms with Gasteiger partial charge in [-0.1, -0.05) is 38.4 Å². The van der Waals surface area contributed by atoms with Crippen molar-refractivity contribution in [2.75, 3.05) is 5.32 Å². The first-order chi connectivity index (χ1) is 13.1. The molecule has 0 radical (unpaired) electrons. The van der Waals surface area contributed by atoms with Crippen LogP contribution in [0.25, 0.3) is 11.2 Å². The Morgan fingerprint density at radius 2 is 1.86 bits per heavy atom. The summed E-state index contributed by atoms with van der Waals surface area (Å²) in [5.74, 6) is -0.759. The number of nitrogens with one attached hydrogen (secondary N) is 1. The van der Waals surface area contributed by atoms with E-state index in [0.29, 0.717) is 27.6 Å². The molecule has 28 heavy (non-hydrogen) atoms. The zero-order valence-corrected chi connectivity index (χ0v) is 17.2. The largest absolute Gasteiger partial charge is 0.323 e. The summed E-state index contributed by atoms with van der Waals surface area (Å²) in [6, 6.07) is 4.16. The number of Topliss-reactive ketones (excluding diaryl/α,β-unsaturated/α-hetero) is 1. The molecule has 3 rings (SSSR count). The molecule has 1 unspecified atom stereocenters. The van der Waals surface area contributed by atoms with Crippen molar-refractivity contribution in [3.05, 3.63) is 47.1 Å². The molecule has 0 aliphatic rings. The van der Waals surface area contributed by atoms with E-state index in [1.807, 2.05) is 13.0 Å². The first kappa shape index (κ1) is 19.9. The maximum Gasteiger partial charge on any atom is 0.255 e. The molecule has 3 aromatic rings. The molecule has 8 heteroatoms. The molecule has 0 bridgehead atoms. The number of carbonyl (C=O) groups excluding carboxylic acids is 2. The van der Waals surface area contributed by atoms with Gasteiger partial charge in [0.25, 0.3) is 5.91 Å². The molecule has 0 aliphatic heterocycles. The van der Waals surface area contributed by atoms with E-state index in [2.05, 4.69) is 20.3 Å². The minimum Gasteiger partial charge on any atom is -0.323 e. The van der Waals surface area contributed by atoms with Crippen molar-refractivity contribution < 1.29 is 9.59 Å². The molecule has 7 nitrogen and oxygen atoms in total. The predicted octanol–water partition coefficient (Wildman–Crippen LogP) is 3.89. The second-order valence-electron chi connectivity index (χ2n) is 7.77. The Labute approximate surface area is 168 Å². The Morgan fingerprint density at radius 1 is 1.14 bits per heavy atom. The third kappa shape index (κ3) is 3.75. The fraction of sp³-hybridized carbons (Fsp3) is 0.350. The highest BCUT2D eigenvalue weighted by atomic mass is 35.5. The molecule has 0 spiro atoms. The number of aromatic nitrogens is 4. The minimum absolute atomic E-state index is 0.260. The number of benzene rings is 1. The molecule has 0 aliphatic carbocycles. The van der Waals surface area contributed by atoms with Gasteiger partial charge in [0.1, 0.15) is 11.8 Å². The number of fused-ring (bicyclic) bond motifs is 1. The summed E-state index contributed by atoms with van der Waals surface area (Å²) in [7, 11) is 0. The standard InChI is InChI=1S/C20H22ClN5O2/c1-11-6-7-14(13(21)8-11)25-19(28)16(17(27)20(3,4)5)26-10-24-15-12(2)22-9-23-18(15)26/h6-10,16H,1-5H3,(H,25,28). The number of carbonyl (C=O) groups is 2. The van der Waals surface area contributed by atoms with Crippen LogP contribution in [0.4, 0.5) is 5.69 Å². The van der Waals surface area contributed by atoms with Gasteiger partial charge < -0.3 is 5.32 Å². The van der Waals surface area contributed by atoms with E-state index in [1.165, 1.54) is 17.2 Å². The minimum atomic E-state index is -1.14. The van der Waals surface area contributed by atoms with Crippen LogP contribution >= 0.6 is 11.6 Å². The zero-order chi connectivity index (χ0) is 20.6. The molecular weight excluding hydrogens is 378 g/mol. The van der Waals surface area contributed by atoms with Crippen LogP contribution in [0, 0.1) is 19.3 Å². The Balaban J connectivity index is 2.07. The number of rotatable bonds is 4. The number of halogens is 1. The van der Waals surface area contributed by atoms with Gasteiger partial charge in [0.05, 0.1) is 22.7 Å². The number of hydrogen-bond donors (Lipinski definition) is 1. The second kappa shape index (κ2) is 7.31. The second-order valence-corrected chi connectivity index (χ2v) is 8.18. The van der Waals surface area contributed by atoms with Crippen molar-refractivity contribution in [3.63, 3.8) is 0 Å². The highest BCUT2D eigenvalue weighted by Crippen LogP contribution is 2.29. The van der Waals surface area contributed by atoms with Crippen LogP contribution in [0.3, 0.4) is 0 Å². The van der Waals surface area contributed by atoms with Crippen molar-refractivity contribution in [2.45, 2.75) is 40.7 Å². The third-order valence-corrected chi connectivity index (χ3v) is 4.75. The van der Waals surface area contributed by atoms with Gasteiger partial charge in [-0.3, -0.25) is 14.2 Å². The molecule has 146 valence electrons. The molecule has 0 saturated carbocycles. The highest BCUT2D eigenvalue weighted by molar-refractivity contribution is 6.34. The van der Waals surface area contributed by atoms with E-state index in [9.17, 15) is 9.59 Å². The lowest BCUT2D eigenvalue weighted by molar-refractivity contribution is -0.135. The summed E-state index contributed by atoms with van der Waals surface area (Å²) >= 11 is 6.25. The summed E-state index contributed by atoms with van der Waals surface area (Å²) in [5.41, 5.74) is 2.32. The maximum atomic E-state index is 13.2. The highest BCUT2D eigenvalue weighted by Gasteiger charge is 2.37. The number of anilines is 1. The smallest absolute Gasteiger partial charge is 0.255 e. The van der Waals surface area contributed by atoms with Crippen LogP contribution in [-0.4, -0.2) is 31.2 Å². The summed E-state index contributed by atoms with van der Waals surface area (Å²) in [6.07, 6.45) is 2.85. The molecule has 1 amide bonds. The number of amides is 1. The predicted molar refractivity (Wildman–Crippen MR) is 108 cm³/mol. The van der Waals surface area contributed by atoms with Crippen molar-refractivity contribution in [3.8, 4) is 0 Å². The average molecular weight is 400 g/mol. The lowest BCUT2D eigenvalue weighted by Crippen LogP contribution is -2.38. The summed E-state index contributed by atoms with van der Waals surface area (Å²) in [6.45, 7) is 9.02. The van der Waals surface area contributed by atoms with Crippen LogP contribution in [-0.2, 0) is 9.59 Å². The van der Waals surface area contributed by atoms with Crippen molar-refractivity contribution in [2.24, 2.45) is 5.41 Å². The van der Waals surface area contributed by atoms with Gasteiger partial charge in [0, 0.05) is 5.41 Å². The number of imidazole rings is 1. The van der Waals surface area contributed by atoms with Crippen molar-refractivity contribution in [1.82, 2.24) is 19.5 Å². The van der Waals surface area contributed by atoms with E-state index in [4.69, 9.17) is 11.6 Å². The molecule has 0 saturated heterocycles. The Morgan fingerprint density at radius 3 is 2.50 bits per heavy atom. The van der Waals surface area contributed by atoms with Gasteiger partial charge in [-0.25, -0.2) is 15.0 Å². The first-order valence-corrected chi connectivity index (χ1v) is 9.23. The topological polar surface area (TPSA) is 89.8 Å². The van der Waals surface area contributed by atoms with E-state index in [0.717, 1.165) is 5.56 Å². The van der Waals surface area contributed by atoms with Crippen LogP contribution < -0.4 is 5.32 Å². The fourth-order valence-electron chi connectivity index (χ4n) is 2.86. The van der Waals surface area contributed by atoms with Gasteiger partial charge in [-0.05, 0) is 31.5 Å². The molecule has 2 aromatic heterocycles. The van der Waals surface area contributed by atoms with Gasteiger partial charge in [-0.15, -0.1) is 0 Å². The Kier molecular flexibility index (Phi) is 5.21. The quantitative estimate of drug-likeness (QED) is 0.672. The zero-order valence-electron chi connectivity index (χ0n) is 16.4. The molecule has 0 fully saturated rings. The normalized spacial score (nSPS) is 12.8. The molecule has 2 heterocycles. The monoisotopic (exact) mass is 399 g/mol. The maximum absolute atomic E-state index is 13.2. The number of aryl methyl sites for hydroxylation is 2. The van der Waals surface area contributed by atoms with E-state index in [1.54, 1.807) is 39.8 Å². The van der Waals surface area contributed by atoms with Crippen molar-refractivity contribution >= 4 is 40.1 Å². The van der Waals surface area contributed by atoms with Crippen molar-refractivity contribution in [1.29, 1.82) is 0 Å². The van der Waals surface area contributed by atoms with Crippen LogP contribution in [0.1, 0.15) is 38.1 Å². The van der Waals surface area contributed by atoms with Gasteiger partial charge in [0.2, 0.25) is 0 Å². The van der Waals surface area contributed by atoms with Gasteiger partial charge >= 0.3 is 0 Å². The number of ketones is 1. The third-order valence-electron chi connectivity index (χ3n) is 4.44. The molecule has 1 aromatic carbocycles. The van der Waals surface area contributed by atoms with Crippen LogP contribution in [0.5, 0.6) is 0 Å².